The standard InChI is InChI=1S/C8H14NO3/c1-8(12-7-10)6-9-2-4-11-5-3-9/h8H,2-6H2,1H3. The minimum atomic E-state index is -0.0689. The summed E-state index contributed by atoms with van der Waals surface area (Å²) in [6.45, 7) is 7.48. The van der Waals surface area contributed by atoms with Crippen molar-refractivity contribution in [1.29, 1.82) is 0 Å². The molecule has 0 bridgehead atoms. The SMILES string of the molecule is CC(CN1CCOCC1)O[C]=O. The number of rotatable bonds is 4. The molecular formula is C8H14NO3. The first-order valence-corrected chi connectivity index (χ1v) is 4.16. The first kappa shape index (κ1) is 9.48. The summed E-state index contributed by atoms with van der Waals surface area (Å²) < 4.78 is 9.84. The van der Waals surface area contributed by atoms with Crippen molar-refractivity contribution >= 4 is 6.47 Å². The molecule has 1 radical (unpaired) electrons. The lowest BCUT2D eigenvalue weighted by atomic mass is 10.3. The highest BCUT2D eigenvalue weighted by molar-refractivity contribution is 5.38. The van der Waals surface area contributed by atoms with Crippen molar-refractivity contribution in [2.45, 2.75) is 13.0 Å². The number of hydrogen-bond donors (Lipinski definition) is 0. The summed E-state index contributed by atoms with van der Waals surface area (Å²) >= 11 is 0. The normalized spacial score (nSPS) is 21.8. The maximum Gasteiger partial charge on any atom is 0.417 e. The van der Waals surface area contributed by atoms with E-state index in [1.54, 1.807) is 0 Å². The molecule has 0 saturated carbocycles. The lowest BCUT2D eigenvalue weighted by Crippen LogP contribution is -2.40. The van der Waals surface area contributed by atoms with Crippen LogP contribution in [0, 0.1) is 0 Å². The molecule has 1 fully saturated rings. The van der Waals surface area contributed by atoms with Crippen molar-refractivity contribution in [1.82, 2.24) is 4.90 Å². The Morgan fingerprint density at radius 2 is 2.25 bits per heavy atom. The van der Waals surface area contributed by atoms with Crippen LogP contribution in [0.4, 0.5) is 0 Å². The third-order valence-corrected chi connectivity index (χ3v) is 1.87. The molecule has 0 aromatic rings. The lowest BCUT2D eigenvalue weighted by molar-refractivity contribution is 0.0197. The van der Waals surface area contributed by atoms with E-state index in [4.69, 9.17) is 4.74 Å². The molecule has 1 atom stereocenters. The van der Waals surface area contributed by atoms with Gasteiger partial charge in [0, 0.05) is 19.6 Å². The summed E-state index contributed by atoms with van der Waals surface area (Å²) in [5.74, 6) is 0. The zero-order valence-electron chi connectivity index (χ0n) is 7.28. The van der Waals surface area contributed by atoms with Crippen LogP contribution >= 0.6 is 0 Å². The van der Waals surface area contributed by atoms with Gasteiger partial charge in [-0.1, -0.05) is 0 Å². The molecule has 69 valence electrons. The van der Waals surface area contributed by atoms with Crippen LogP contribution in [0.5, 0.6) is 0 Å². The molecule has 1 heterocycles. The summed E-state index contributed by atoms with van der Waals surface area (Å²) in [4.78, 5) is 12.1. The lowest BCUT2D eigenvalue weighted by Gasteiger charge is -2.28. The van der Waals surface area contributed by atoms with E-state index in [2.05, 4.69) is 9.64 Å². The Morgan fingerprint density at radius 3 is 2.83 bits per heavy atom. The van der Waals surface area contributed by atoms with Gasteiger partial charge in [0.05, 0.1) is 13.2 Å². The fraction of sp³-hybridized carbons (Fsp3) is 0.875. The highest BCUT2D eigenvalue weighted by atomic mass is 16.5. The molecule has 0 aliphatic carbocycles. The minimum absolute atomic E-state index is 0.0689. The molecule has 0 N–H and O–H groups in total. The highest BCUT2D eigenvalue weighted by Gasteiger charge is 2.13. The Labute approximate surface area is 72.4 Å². The summed E-state index contributed by atoms with van der Waals surface area (Å²) in [6.07, 6.45) is -0.0689. The third kappa shape index (κ3) is 3.19. The van der Waals surface area contributed by atoms with E-state index in [0.717, 1.165) is 32.8 Å². The monoisotopic (exact) mass is 172 g/mol. The molecule has 1 rings (SSSR count). The average Bonchev–Trinajstić information content (AvgIpc) is 2.06. The van der Waals surface area contributed by atoms with Crippen molar-refractivity contribution in [2.24, 2.45) is 0 Å². The predicted octanol–water partition coefficient (Wildman–Crippen LogP) is -0.209. The van der Waals surface area contributed by atoms with Crippen LogP contribution in [0.2, 0.25) is 0 Å². The quantitative estimate of drug-likeness (QED) is 0.588. The van der Waals surface area contributed by atoms with Gasteiger partial charge in [0.15, 0.2) is 0 Å². The highest BCUT2D eigenvalue weighted by Crippen LogP contribution is 1.99. The molecule has 1 aliphatic rings. The van der Waals surface area contributed by atoms with Crippen molar-refractivity contribution in [3.05, 3.63) is 0 Å². The van der Waals surface area contributed by atoms with Gasteiger partial charge in [-0.25, -0.2) is 4.79 Å². The van der Waals surface area contributed by atoms with Gasteiger partial charge in [0.25, 0.3) is 0 Å². The zero-order valence-corrected chi connectivity index (χ0v) is 7.28. The van der Waals surface area contributed by atoms with Gasteiger partial charge in [0.1, 0.15) is 6.10 Å². The second kappa shape index (κ2) is 5.11. The van der Waals surface area contributed by atoms with Crippen LogP contribution in [0.15, 0.2) is 0 Å². The Bertz CT molecular complexity index is 134. The Morgan fingerprint density at radius 1 is 1.58 bits per heavy atom. The topological polar surface area (TPSA) is 38.8 Å². The Hall–Kier alpha value is -0.610. The van der Waals surface area contributed by atoms with Gasteiger partial charge >= 0.3 is 6.47 Å². The van der Waals surface area contributed by atoms with Crippen LogP contribution in [0.25, 0.3) is 0 Å². The van der Waals surface area contributed by atoms with Gasteiger partial charge in [-0.05, 0) is 6.92 Å². The molecule has 1 saturated heterocycles. The fourth-order valence-corrected chi connectivity index (χ4v) is 1.27. The van der Waals surface area contributed by atoms with E-state index in [1.165, 1.54) is 6.47 Å². The summed E-state index contributed by atoms with van der Waals surface area (Å²) in [6, 6.07) is 0. The summed E-state index contributed by atoms with van der Waals surface area (Å²) in [5.41, 5.74) is 0. The van der Waals surface area contributed by atoms with Gasteiger partial charge in [-0.2, -0.15) is 0 Å². The molecule has 12 heavy (non-hydrogen) atoms. The maximum atomic E-state index is 9.87. The van der Waals surface area contributed by atoms with Crippen LogP contribution in [0.1, 0.15) is 6.92 Å². The largest absolute Gasteiger partial charge is 0.453 e. The van der Waals surface area contributed by atoms with Crippen molar-refractivity contribution < 1.29 is 14.3 Å². The van der Waals surface area contributed by atoms with Crippen molar-refractivity contribution in [2.75, 3.05) is 32.8 Å². The molecule has 1 unspecified atom stereocenters. The molecule has 1 aliphatic heterocycles. The van der Waals surface area contributed by atoms with Crippen molar-refractivity contribution in [3.63, 3.8) is 0 Å². The zero-order chi connectivity index (χ0) is 8.81. The molecule has 0 aromatic carbocycles. The van der Waals surface area contributed by atoms with Gasteiger partial charge in [0.2, 0.25) is 0 Å². The molecular weight excluding hydrogens is 158 g/mol. The van der Waals surface area contributed by atoms with Crippen LogP contribution in [-0.2, 0) is 14.3 Å². The van der Waals surface area contributed by atoms with Gasteiger partial charge in [-0.15, -0.1) is 0 Å². The molecule has 0 amide bonds. The van der Waals surface area contributed by atoms with E-state index in [0.29, 0.717) is 0 Å². The number of ether oxygens (including phenoxy) is 2. The van der Waals surface area contributed by atoms with E-state index >= 15 is 0 Å². The fourth-order valence-electron chi connectivity index (χ4n) is 1.27. The number of morpholine rings is 1. The van der Waals surface area contributed by atoms with E-state index in [1.807, 2.05) is 6.92 Å². The van der Waals surface area contributed by atoms with Crippen LogP contribution in [-0.4, -0.2) is 50.3 Å². The van der Waals surface area contributed by atoms with Crippen LogP contribution in [0.3, 0.4) is 0 Å². The Kier molecular flexibility index (Phi) is 4.04. The first-order chi connectivity index (χ1) is 5.83. The van der Waals surface area contributed by atoms with Gasteiger partial charge in [-0.3, -0.25) is 4.90 Å². The van der Waals surface area contributed by atoms with E-state index < -0.39 is 0 Å². The number of carbonyl (C=O) groups excluding carboxylic acids is 1. The smallest absolute Gasteiger partial charge is 0.417 e. The second-order valence-electron chi connectivity index (χ2n) is 2.92. The predicted molar refractivity (Wildman–Crippen MR) is 43.5 cm³/mol. The average molecular weight is 172 g/mol. The number of hydrogen-bond acceptors (Lipinski definition) is 4. The Balaban J connectivity index is 2.15. The first-order valence-electron chi connectivity index (χ1n) is 4.16. The number of nitrogens with zero attached hydrogens (tertiary/aromatic N) is 1. The van der Waals surface area contributed by atoms with E-state index in [9.17, 15) is 4.79 Å². The maximum absolute atomic E-state index is 9.87. The van der Waals surface area contributed by atoms with E-state index in [-0.39, 0.29) is 6.10 Å². The summed E-state index contributed by atoms with van der Waals surface area (Å²) in [7, 11) is 0. The van der Waals surface area contributed by atoms with Crippen molar-refractivity contribution in [3.8, 4) is 0 Å². The molecule has 4 heteroatoms. The summed E-state index contributed by atoms with van der Waals surface area (Å²) in [5, 5.41) is 0. The molecule has 0 spiro atoms. The van der Waals surface area contributed by atoms with Crippen LogP contribution < -0.4 is 0 Å². The van der Waals surface area contributed by atoms with Gasteiger partial charge < -0.3 is 9.47 Å². The minimum Gasteiger partial charge on any atom is -0.453 e. The second-order valence-corrected chi connectivity index (χ2v) is 2.92. The molecule has 0 aromatic heterocycles. The molecule has 4 nitrogen and oxygen atoms in total. The third-order valence-electron chi connectivity index (χ3n) is 1.87.